The van der Waals surface area contributed by atoms with Crippen molar-refractivity contribution in [1.29, 1.82) is 0 Å². The molecule has 114 valence electrons. The molecular formula is C17H22ClNO2. The monoisotopic (exact) mass is 307 g/mol. The number of hydrogen-bond donors (Lipinski definition) is 1. The van der Waals surface area contributed by atoms with E-state index < -0.39 is 0 Å². The Balaban J connectivity index is 1.79. The van der Waals surface area contributed by atoms with Crippen molar-refractivity contribution in [3.05, 3.63) is 27.8 Å². The summed E-state index contributed by atoms with van der Waals surface area (Å²) in [5.74, 6) is 1.57. The maximum absolute atomic E-state index is 11.4. The zero-order chi connectivity index (χ0) is 14.8. The first-order valence-electron chi connectivity index (χ1n) is 7.94. The Morgan fingerprint density at radius 2 is 2.33 bits per heavy atom. The predicted molar refractivity (Wildman–Crippen MR) is 84.2 cm³/mol. The van der Waals surface area contributed by atoms with Crippen LogP contribution in [0.4, 0.5) is 0 Å². The maximum Gasteiger partial charge on any atom is 0.219 e. The van der Waals surface area contributed by atoms with E-state index in [4.69, 9.17) is 16.3 Å². The van der Waals surface area contributed by atoms with Crippen LogP contribution in [0.15, 0.2) is 6.07 Å². The minimum Gasteiger partial charge on any atom is -0.492 e. The molecule has 1 aliphatic heterocycles. The van der Waals surface area contributed by atoms with Crippen molar-refractivity contribution >= 4 is 17.5 Å². The van der Waals surface area contributed by atoms with Crippen molar-refractivity contribution < 1.29 is 9.53 Å². The summed E-state index contributed by atoms with van der Waals surface area (Å²) in [7, 11) is 0. The molecule has 0 fully saturated rings. The Kier molecular flexibility index (Phi) is 4.39. The standard InChI is InChI=1S/C17H22ClNO2/c1-2-15(20)19-8-7-11-5-6-12-10-14(18)17-13(16(11)12)4-3-9-21-17/h10-11H,2-9H2,1H3,(H,19,20). The van der Waals surface area contributed by atoms with Gasteiger partial charge in [0.25, 0.3) is 0 Å². The maximum atomic E-state index is 11.4. The highest BCUT2D eigenvalue weighted by Gasteiger charge is 2.30. The second-order valence-corrected chi connectivity index (χ2v) is 6.33. The van der Waals surface area contributed by atoms with Crippen LogP contribution in [-0.4, -0.2) is 19.1 Å². The fourth-order valence-corrected chi connectivity index (χ4v) is 3.87. The zero-order valence-corrected chi connectivity index (χ0v) is 13.3. The number of hydrogen-bond acceptors (Lipinski definition) is 2. The summed E-state index contributed by atoms with van der Waals surface area (Å²) in [4.78, 5) is 11.4. The summed E-state index contributed by atoms with van der Waals surface area (Å²) >= 11 is 6.36. The Morgan fingerprint density at radius 1 is 1.48 bits per heavy atom. The molecule has 3 nitrogen and oxygen atoms in total. The molecule has 0 bridgehead atoms. The van der Waals surface area contributed by atoms with Gasteiger partial charge in [-0.1, -0.05) is 18.5 Å². The molecule has 1 amide bonds. The van der Waals surface area contributed by atoms with Crippen LogP contribution in [0.5, 0.6) is 5.75 Å². The van der Waals surface area contributed by atoms with Gasteiger partial charge in [0, 0.05) is 13.0 Å². The number of fused-ring (bicyclic) bond motifs is 3. The third-order valence-corrected chi connectivity index (χ3v) is 4.87. The first kappa shape index (κ1) is 14.7. The van der Waals surface area contributed by atoms with E-state index in [0.717, 1.165) is 56.0 Å². The van der Waals surface area contributed by atoms with Gasteiger partial charge in [0.2, 0.25) is 5.91 Å². The third-order valence-electron chi connectivity index (χ3n) is 4.59. The Labute approximate surface area is 131 Å². The third kappa shape index (κ3) is 2.89. The molecule has 0 aromatic heterocycles. The number of rotatable bonds is 4. The quantitative estimate of drug-likeness (QED) is 0.923. The second-order valence-electron chi connectivity index (χ2n) is 5.92. The highest BCUT2D eigenvalue weighted by molar-refractivity contribution is 6.32. The molecule has 3 rings (SSSR count). The van der Waals surface area contributed by atoms with Gasteiger partial charge in [0.05, 0.1) is 11.6 Å². The predicted octanol–water partition coefficient (Wildman–Crippen LogP) is 3.61. The van der Waals surface area contributed by atoms with Crippen molar-refractivity contribution in [2.24, 2.45) is 0 Å². The molecular weight excluding hydrogens is 286 g/mol. The molecule has 4 heteroatoms. The lowest BCUT2D eigenvalue weighted by molar-refractivity contribution is -0.120. The lowest BCUT2D eigenvalue weighted by Crippen LogP contribution is -2.24. The fraction of sp³-hybridized carbons (Fsp3) is 0.588. The van der Waals surface area contributed by atoms with E-state index in [1.165, 1.54) is 16.7 Å². The molecule has 2 aliphatic rings. The fourth-order valence-electron chi connectivity index (χ4n) is 3.57. The second kappa shape index (κ2) is 6.27. The van der Waals surface area contributed by atoms with E-state index in [2.05, 4.69) is 11.4 Å². The molecule has 1 aromatic rings. The van der Waals surface area contributed by atoms with Crippen LogP contribution in [0.25, 0.3) is 0 Å². The normalized spacial score (nSPS) is 19.6. The average Bonchev–Trinajstić information content (AvgIpc) is 2.90. The molecule has 1 N–H and O–H groups in total. The molecule has 1 heterocycles. The van der Waals surface area contributed by atoms with Crippen LogP contribution in [0, 0.1) is 0 Å². The zero-order valence-electron chi connectivity index (χ0n) is 12.5. The van der Waals surface area contributed by atoms with Crippen molar-refractivity contribution in [2.45, 2.75) is 51.4 Å². The van der Waals surface area contributed by atoms with Crippen LogP contribution < -0.4 is 10.1 Å². The van der Waals surface area contributed by atoms with Crippen LogP contribution >= 0.6 is 11.6 Å². The van der Waals surface area contributed by atoms with Gasteiger partial charge in [-0.25, -0.2) is 0 Å². The van der Waals surface area contributed by atoms with Gasteiger partial charge in [0.1, 0.15) is 5.75 Å². The van der Waals surface area contributed by atoms with E-state index in [1.807, 2.05) is 6.92 Å². The Hall–Kier alpha value is -1.22. The summed E-state index contributed by atoms with van der Waals surface area (Å²) < 4.78 is 5.79. The summed E-state index contributed by atoms with van der Waals surface area (Å²) in [6, 6.07) is 2.09. The number of benzene rings is 1. The van der Waals surface area contributed by atoms with Gasteiger partial charge in [-0.3, -0.25) is 4.79 Å². The van der Waals surface area contributed by atoms with E-state index in [1.54, 1.807) is 0 Å². The van der Waals surface area contributed by atoms with Crippen LogP contribution in [-0.2, 0) is 17.6 Å². The van der Waals surface area contributed by atoms with Crippen molar-refractivity contribution in [2.75, 3.05) is 13.2 Å². The van der Waals surface area contributed by atoms with Crippen molar-refractivity contribution in [1.82, 2.24) is 5.32 Å². The summed E-state index contributed by atoms with van der Waals surface area (Å²) in [6.07, 6.45) is 5.95. The molecule has 1 aromatic carbocycles. The lowest BCUT2D eigenvalue weighted by atomic mass is 9.89. The molecule has 1 atom stereocenters. The van der Waals surface area contributed by atoms with E-state index >= 15 is 0 Å². The average molecular weight is 308 g/mol. The smallest absolute Gasteiger partial charge is 0.219 e. The molecule has 0 saturated carbocycles. The van der Waals surface area contributed by atoms with Gasteiger partial charge >= 0.3 is 0 Å². The van der Waals surface area contributed by atoms with E-state index in [-0.39, 0.29) is 5.91 Å². The SMILES string of the molecule is CCC(=O)NCCC1CCc2cc(Cl)c3c(c21)CCCO3. The van der Waals surface area contributed by atoms with Gasteiger partial charge in [-0.2, -0.15) is 0 Å². The topological polar surface area (TPSA) is 38.3 Å². The van der Waals surface area contributed by atoms with E-state index in [0.29, 0.717) is 12.3 Å². The van der Waals surface area contributed by atoms with Crippen molar-refractivity contribution in [3.8, 4) is 5.75 Å². The van der Waals surface area contributed by atoms with Gasteiger partial charge in [-0.05, 0) is 60.8 Å². The number of amides is 1. The summed E-state index contributed by atoms with van der Waals surface area (Å²) in [6.45, 7) is 3.41. The number of aryl methyl sites for hydroxylation is 1. The van der Waals surface area contributed by atoms with E-state index in [9.17, 15) is 4.79 Å². The number of ether oxygens (including phenoxy) is 1. The first-order valence-corrected chi connectivity index (χ1v) is 8.32. The lowest BCUT2D eigenvalue weighted by Gasteiger charge is -2.24. The Bertz CT molecular complexity index is 556. The van der Waals surface area contributed by atoms with Crippen LogP contribution in [0.3, 0.4) is 0 Å². The molecule has 0 saturated heterocycles. The molecule has 0 spiro atoms. The first-order chi connectivity index (χ1) is 10.2. The highest BCUT2D eigenvalue weighted by Crippen LogP contribution is 2.46. The summed E-state index contributed by atoms with van der Waals surface area (Å²) in [5, 5.41) is 3.75. The number of nitrogens with one attached hydrogen (secondary N) is 1. The number of carbonyl (C=O) groups excluding carboxylic acids is 1. The van der Waals surface area contributed by atoms with Crippen LogP contribution in [0.1, 0.15) is 55.2 Å². The molecule has 21 heavy (non-hydrogen) atoms. The highest BCUT2D eigenvalue weighted by atomic mass is 35.5. The number of carbonyl (C=O) groups is 1. The molecule has 1 unspecified atom stereocenters. The number of halogens is 1. The van der Waals surface area contributed by atoms with Crippen molar-refractivity contribution in [3.63, 3.8) is 0 Å². The minimum absolute atomic E-state index is 0.134. The van der Waals surface area contributed by atoms with Gasteiger partial charge in [-0.15, -0.1) is 0 Å². The van der Waals surface area contributed by atoms with Gasteiger partial charge in [0.15, 0.2) is 0 Å². The molecule has 0 radical (unpaired) electrons. The largest absolute Gasteiger partial charge is 0.492 e. The minimum atomic E-state index is 0.134. The summed E-state index contributed by atoms with van der Waals surface area (Å²) in [5.41, 5.74) is 4.17. The van der Waals surface area contributed by atoms with Crippen LogP contribution in [0.2, 0.25) is 5.02 Å². The molecule has 1 aliphatic carbocycles. The Morgan fingerprint density at radius 3 is 3.14 bits per heavy atom. The van der Waals surface area contributed by atoms with Gasteiger partial charge < -0.3 is 10.1 Å².